The summed E-state index contributed by atoms with van der Waals surface area (Å²) in [5.74, 6) is 1.06. The number of allylic oxidation sites excluding steroid dienone is 1. The molecule has 0 fully saturated rings. The highest BCUT2D eigenvalue weighted by atomic mass is 16.7. The van der Waals surface area contributed by atoms with E-state index < -0.39 is 4.92 Å². The Balaban J connectivity index is 1.77. The van der Waals surface area contributed by atoms with Crippen LogP contribution < -0.4 is 4.74 Å². The summed E-state index contributed by atoms with van der Waals surface area (Å²) in [7, 11) is 1.55. The first-order chi connectivity index (χ1) is 14.7. The molecule has 2 heterocycles. The van der Waals surface area contributed by atoms with Crippen molar-refractivity contribution in [2.45, 2.75) is 12.3 Å². The van der Waals surface area contributed by atoms with E-state index in [0.29, 0.717) is 29.2 Å². The highest BCUT2D eigenvalue weighted by molar-refractivity contribution is 5.69. The third-order valence-corrected chi connectivity index (χ3v) is 4.91. The van der Waals surface area contributed by atoms with Gasteiger partial charge in [0.2, 0.25) is 6.79 Å². The smallest absolute Gasteiger partial charge is 0.270 e. The second kappa shape index (κ2) is 8.65. The van der Waals surface area contributed by atoms with E-state index in [1.54, 1.807) is 25.5 Å². The average molecular weight is 404 g/mol. The third-order valence-electron chi connectivity index (χ3n) is 4.91. The van der Waals surface area contributed by atoms with Gasteiger partial charge in [-0.2, -0.15) is 0 Å². The Labute approximate surface area is 173 Å². The SMILES string of the molecule is COc1ccc(C(Cc2ccccc2)C2=COCO2)nc1-c1cccc([N+](=O)[O-])c1. The fraction of sp³-hybridized carbons (Fsp3) is 0.174. The van der Waals surface area contributed by atoms with Crippen LogP contribution in [0.3, 0.4) is 0 Å². The molecular formula is C23H20N2O5. The first-order valence-corrected chi connectivity index (χ1v) is 9.44. The minimum absolute atomic E-state index is 0.00201. The molecule has 1 aromatic heterocycles. The van der Waals surface area contributed by atoms with E-state index in [0.717, 1.165) is 11.3 Å². The van der Waals surface area contributed by atoms with E-state index in [1.807, 2.05) is 42.5 Å². The van der Waals surface area contributed by atoms with Gasteiger partial charge in [-0.15, -0.1) is 0 Å². The van der Waals surface area contributed by atoms with Crippen LogP contribution in [-0.2, 0) is 15.9 Å². The Morgan fingerprint density at radius 3 is 2.67 bits per heavy atom. The lowest BCUT2D eigenvalue weighted by Crippen LogP contribution is -2.10. The molecule has 0 saturated carbocycles. The topological polar surface area (TPSA) is 83.7 Å². The summed E-state index contributed by atoms with van der Waals surface area (Å²) in [6.07, 6.45) is 2.29. The molecule has 3 aromatic rings. The number of nitro groups is 1. The van der Waals surface area contributed by atoms with E-state index >= 15 is 0 Å². The number of benzene rings is 2. The Morgan fingerprint density at radius 2 is 1.97 bits per heavy atom. The number of nitrogens with zero attached hydrogens (tertiary/aromatic N) is 2. The number of non-ortho nitro benzene ring substituents is 1. The lowest BCUT2D eigenvalue weighted by Gasteiger charge is -2.18. The van der Waals surface area contributed by atoms with Gasteiger partial charge in [-0.1, -0.05) is 42.5 Å². The van der Waals surface area contributed by atoms with Gasteiger partial charge in [-0.25, -0.2) is 4.98 Å². The summed E-state index contributed by atoms with van der Waals surface area (Å²) in [6.45, 7) is 0.175. The number of methoxy groups -OCH3 is 1. The van der Waals surface area contributed by atoms with E-state index in [1.165, 1.54) is 12.1 Å². The monoisotopic (exact) mass is 404 g/mol. The molecule has 0 bridgehead atoms. The van der Waals surface area contributed by atoms with Crippen LogP contribution in [0.4, 0.5) is 5.69 Å². The van der Waals surface area contributed by atoms with Crippen molar-refractivity contribution in [3.05, 3.63) is 100 Å². The molecule has 1 aliphatic heterocycles. The highest BCUT2D eigenvalue weighted by Crippen LogP contribution is 2.35. The Bertz CT molecular complexity index is 1080. The number of hydrogen-bond donors (Lipinski definition) is 0. The van der Waals surface area contributed by atoms with Crippen molar-refractivity contribution in [3.63, 3.8) is 0 Å². The molecule has 0 amide bonds. The molecule has 0 aliphatic carbocycles. The number of rotatable bonds is 7. The quantitative estimate of drug-likeness (QED) is 0.414. The zero-order valence-electron chi connectivity index (χ0n) is 16.4. The first kappa shape index (κ1) is 19.4. The van der Waals surface area contributed by atoms with E-state index in [2.05, 4.69) is 0 Å². The van der Waals surface area contributed by atoms with Crippen molar-refractivity contribution in [3.8, 4) is 17.0 Å². The van der Waals surface area contributed by atoms with Gasteiger partial charge in [-0.05, 0) is 24.1 Å². The molecule has 30 heavy (non-hydrogen) atoms. The lowest BCUT2D eigenvalue weighted by atomic mass is 9.93. The molecule has 1 atom stereocenters. The van der Waals surface area contributed by atoms with Gasteiger partial charge in [0.25, 0.3) is 5.69 Å². The zero-order chi connectivity index (χ0) is 20.9. The zero-order valence-corrected chi connectivity index (χ0v) is 16.4. The number of nitro benzene ring substituents is 1. The van der Waals surface area contributed by atoms with Crippen molar-refractivity contribution < 1.29 is 19.1 Å². The molecule has 7 heteroatoms. The van der Waals surface area contributed by atoms with Gasteiger partial charge >= 0.3 is 0 Å². The van der Waals surface area contributed by atoms with Crippen LogP contribution in [0, 0.1) is 10.1 Å². The van der Waals surface area contributed by atoms with Crippen molar-refractivity contribution in [1.29, 1.82) is 0 Å². The van der Waals surface area contributed by atoms with E-state index in [4.69, 9.17) is 19.2 Å². The summed E-state index contributed by atoms with van der Waals surface area (Å²) in [5.41, 5.74) is 3.04. The van der Waals surface area contributed by atoms with Gasteiger partial charge in [-0.3, -0.25) is 10.1 Å². The van der Waals surface area contributed by atoms with Crippen LogP contribution in [0.25, 0.3) is 11.3 Å². The van der Waals surface area contributed by atoms with E-state index in [-0.39, 0.29) is 18.4 Å². The summed E-state index contributed by atoms with van der Waals surface area (Å²) < 4.78 is 16.4. The molecule has 4 rings (SSSR count). The Morgan fingerprint density at radius 1 is 1.13 bits per heavy atom. The maximum atomic E-state index is 11.2. The number of aromatic nitrogens is 1. The molecule has 1 aliphatic rings. The fourth-order valence-electron chi connectivity index (χ4n) is 3.43. The molecule has 1 unspecified atom stereocenters. The highest BCUT2D eigenvalue weighted by Gasteiger charge is 2.25. The van der Waals surface area contributed by atoms with Crippen LogP contribution in [0.2, 0.25) is 0 Å². The van der Waals surface area contributed by atoms with Crippen LogP contribution in [0.1, 0.15) is 17.2 Å². The van der Waals surface area contributed by atoms with Gasteiger partial charge in [0.15, 0.2) is 0 Å². The second-order valence-corrected chi connectivity index (χ2v) is 6.79. The van der Waals surface area contributed by atoms with Crippen LogP contribution >= 0.6 is 0 Å². The predicted octanol–water partition coefficient (Wildman–Crippen LogP) is 4.84. The van der Waals surface area contributed by atoms with Crippen LogP contribution in [-0.4, -0.2) is 23.8 Å². The fourth-order valence-corrected chi connectivity index (χ4v) is 3.43. The van der Waals surface area contributed by atoms with Crippen molar-refractivity contribution >= 4 is 5.69 Å². The molecule has 7 nitrogen and oxygen atoms in total. The van der Waals surface area contributed by atoms with Gasteiger partial charge in [0.05, 0.1) is 23.6 Å². The minimum atomic E-state index is -0.424. The summed E-state index contributed by atoms with van der Waals surface area (Å²) in [5, 5.41) is 11.2. The summed E-state index contributed by atoms with van der Waals surface area (Å²) in [4.78, 5) is 15.6. The minimum Gasteiger partial charge on any atom is -0.494 e. The summed E-state index contributed by atoms with van der Waals surface area (Å²) in [6, 6.07) is 20.1. The number of ether oxygens (including phenoxy) is 3. The molecule has 0 N–H and O–H groups in total. The maximum absolute atomic E-state index is 11.2. The first-order valence-electron chi connectivity index (χ1n) is 9.44. The van der Waals surface area contributed by atoms with Crippen molar-refractivity contribution in [1.82, 2.24) is 4.98 Å². The van der Waals surface area contributed by atoms with E-state index in [9.17, 15) is 10.1 Å². The molecule has 152 valence electrons. The van der Waals surface area contributed by atoms with Gasteiger partial charge in [0.1, 0.15) is 23.5 Å². The predicted molar refractivity (Wildman–Crippen MR) is 111 cm³/mol. The Kier molecular flexibility index (Phi) is 5.61. The van der Waals surface area contributed by atoms with Crippen molar-refractivity contribution in [2.24, 2.45) is 0 Å². The van der Waals surface area contributed by atoms with Gasteiger partial charge < -0.3 is 14.2 Å². The Hall–Kier alpha value is -3.87. The van der Waals surface area contributed by atoms with Gasteiger partial charge in [0, 0.05) is 17.7 Å². The number of pyridine rings is 1. The van der Waals surface area contributed by atoms with Crippen LogP contribution in [0.15, 0.2) is 78.8 Å². The maximum Gasteiger partial charge on any atom is 0.270 e. The standard InChI is InChI=1S/C23H20N2O5/c1-28-21-11-10-20(24-23(21)17-8-5-9-18(13-17)25(26)27)19(22-14-29-15-30-22)12-16-6-3-2-4-7-16/h2-11,13-14,19H,12,15H2,1H3. The van der Waals surface area contributed by atoms with Crippen molar-refractivity contribution in [2.75, 3.05) is 13.9 Å². The average Bonchev–Trinajstić information content (AvgIpc) is 3.32. The molecule has 0 saturated heterocycles. The normalized spacial score (nSPS) is 13.7. The second-order valence-electron chi connectivity index (χ2n) is 6.79. The largest absolute Gasteiger partial charge is 0.494 e. The summed E-state index contributed by atoms with van der Waals surface area (Å²) >= 11 is 0. The molecular weight excluding hydrogens is 384 g/mol. The molecule has 0 spiro atoms. The molecule has 2 aromatic carbocycles. The lowest BCUT2D eigenvalue weighted by molar-refractivity contribution is -0.384. The third kappa shape index (κ3) is 4.10. The number of hydrogen-bond acceptors (Lipinski definition) is 6. The molecule has 0 radical (unpaired) electrons. The van der Waals surface area contributed by atoms with Crippen LogP contribution in [0.5, 0.6) is 5.75 Å².